The zero-order chi connectivity index (χ0) is 13.7. The van der Waals surface area contributed by atoms with Gasteiger partial charge >= 0.3 is 0 Å². The van der Waals surface area contributed by atoms with Gasteiger partial charge in [-0.3, -0.25) is 14.8 Å². The highest BCUT2D eigenvalue weighted by Gasteiger charge is 2.06. The number of nitrogens with one attached hydrogen (secondary N) is 1. The summed E-state index contributed by atoms with van der Waals surface area (Å²) in [5, 5.41) is 11.9. The van der Waals surface area contributed by atoms with Crippen LogP contribution in [0.2, 0.25) is 0 Å². The maximum atomic E-state index is 11.9. The van der Waals surface area contributed by atoms with Gasteiger partial charge in [0.2, 0.25) is 0 Å². The number of aliphatic hydroxyl groups is 1. The van der Waals surface area contributed by atoms with Crippen LogP contribution >= 0.6 is 0 Å². The largest absolute Gasteiger partial charge is 0.393 e. The number of rotatable bonds is 5. The van der Waals surface area contributed by atoms with Crippen LogP contribution in [0.25, 0.3) is 11.0 Å². The standard InChI is InChI=1S/C14H17N3O2/c1-10(18)3-2-6-17-14(19)11-4-5-12-13(9-11)16-8-7-15-12/h4-5,7-10,18H,2-3,6H2,1H3,(H,17,19). The Bertz CT molecular complexity index is 569. The van der Waals surface area contributed by atoms with Gasteiger partial charge < -0.3 is 10.4 Å². The number of fused-ring (bicyclic) bond motifs is 1. The second-order valence-corrected chi connectivity index (χ2v) is 4.51. The van der Waals surface area contributed by atoms with Gasteiger partial charge in [0.25, 0.3) is 5.91 Å². The minimum atomic E-state index is -0.326. The third-order valence-electron chi connectivity index (χ3n) is 2.82. The van der Waals surface area contributed by atoms with Crippen LogP contribution in [0.1, 0.15) is 30.1 Å². The fraction of sp³-hybridized carbons (Fsp3) is 0.357. The van der Waals surface area contributed by atoms with Gasteiger partial charge in [0.1, 0.15) is 0 Å². The lowest BCUT2D eigenvalue weighted by Gasteiger charge is -2.07. The highest BCUT2D eigenvalue weighted by molar-refractivity contribution is 5.97. The molecular formula is C14H17N3O2. The number of amides is 1. The molecule has 1 aromatic heterocycles. The molecule has 1 unspecified atom stereocenters. The molecule has 0 spiro atoms. The molecule has 0 fully saturated rings. The highest BCUT2D eigenvalue weighted by Crippen LogP contribution is 2.10. The molecule has 2 aromatic rings. The van der Waals surface area contributed by atoms with Crippen LogP contribution in [-0.4, -0.2) is 33.6 Å². The van der Waals surface area contributed by atoms with E-state index in [0.717, 1.165) is 11.9 Å². The van der Waals surface area contributed by atoms with Crippen molar-refractivity contribution in [2.75, 3.05) is 6.54 Å². The molecule has 19 heavy (non-hydrogen) atoms. The number of benzene rings is 1. The van der Waals surface area contributed by atoms with Crippen LogP contribution < -0.4 is 5.32 Å². The Labute approximate surface area is 111 Å². The molecule has 100 valence electrons. The van der Waals surface area contributed by atoms with Crippen molar-refractivity contribution in [2.45, 2.75) is 25.9 Å². The van der Waals surface area contributed by atoms with Gasteiger partial charge in [0.05, 0.1) is 17.1 Å². The molecule has 0 radical (unpaired) electrons. The summed E-state index contributed by atoms with van der Waals surface area (Å²) < 4.78 is 0. The van der Waals surface area contributed by atoms with Gasteiger partial charge in [0, 0.05) is 24.5 Å². The average molecular weight is 259 g/mol. The predicted molar refractivity (Wildman–Crippen MR) is 72.8 cm³/mol. The summed E-state index contributed by atoms with van der Waals surface area (Å²) in [5.41, 5.74) is 2.05. The smallest absolute Gasteiger partial charge is 0.251 e. The quantitative estimate of drug-likeness (QED) is 0.798. The van der Waals surface area contributed by atoms with Gasteiger partial charge in [-0.2, -0.15) is 0 Å². The van der Waals surface area contributed by atoms with E-state index in [-0.39, 0.29) is 12.0 Å². The van der Waals surface area contributed by atoms with Crippen molar-refractivity contribution >= 4 is 16.9 Å². The summed E-state index contributed by atoms with van der Waals surface area (Å²) in [4.78, 5) is 20.2. The number of carbonyl (C=O) groups excluding carboxylic acids is 1. The van der Waals surface area contributed by atoms with Crippen LogP contribution in [0, 0.1) is 0 Å². The van der Waals surface area contributed by atoms with Crippen LogP contribution in [0.4, 0.5) is 0 Å². The van der Waals surface area contributed by atoms with Gasteiger partial charge in [-0.25, -0.2) is 0 Å². The van der Waals surface area contributed by atoms with Crippen LogP contribution in [0.15, 0.2) is 30.6 Å². The summed E-state index contributed by atoms with van der Waals surface area (Å²) in [5.74, 6) is -0.127. The Morgan fingerprint density at radius 2 is 2.05 bits per heavy atom. The fourth-order valence-electron chi connectivity index (χ4n) is 1.81. The van der Waals surface area contributed by atoms with Crippen molar-refractivity contribution in [2.24, 2.45) is 0 Å². The second kappa shape index (κ2) is 6.24. The van der Waals surface area contributed by atoms with E-state index in [1.54, 1.807) is 37.5 Å². The molecule has 0 saturated carbocycles. The van der Waals surface area contributed by atoms with E-state index in [1.807, 2.05) is 0 Å². The van der Waals surface area contributed by atoms with Crippen molar-refractivity contribution in [1.82, 2.24) is 15.3 Å². The molecule has 0 aliphatic rings. The first-order chi connectivity index (χ1) is 9.16. The highest BCUT2D eigenvalue weighted by atomic mass is 16.3. The van der Waals surface area contributed by atoms with Crippen molar-refractivity contribution in [3.8, 4) is 0 Å². The third-order valence-corrected chi connectivity index (χ3v) is 2.82. The molecule has 5 nitrogen and oxygen atoms in total. The van der Waals surface area contributed by atoms with E-state index in [4.69, 9.17) is 5.11 Å². The van der Waals surface area contributed by atoms with Gasteiger partial charge in [-0.1, -0.05) is 0 Å². The molecule has 2 N–H and O–H groups in total. The topological polar surface area (TPSA) is 75.1 Å². The van der Waals surface area contributed by atoms with E-state index in [9.17, 15) is 4.79 Å². The SMILES string of the molecule is CC(O)CCCNC(=O)c1ccc2nccnc2c1. The minimum absolute atomic E-state index is 0.127. The molecule has 0 bridgehead atoms. The summed E-state index contributed by atoms with van der Waals surface area (Å²) in [6, 6.07) is 5.25. The molecule has 1 atom stereocenters. The van der Waals surface area contributed by atoms with Crippen LogP contribution in [0.5, 0.6) is 0 Å². The molecule has 1 heterocycles. The van der Waals surface area contributed by atoms with Crippen LogP contribution in [-0.2, 0) is 0 Å². The molecule has 5 heteroatoms. The maximum absolute atomic E-state index is 11.9. The van der Waals surface area contributed by atoms with E-state index < -0.39 is 0 Å². The van der Waals surface area contributed by atoms with Gasteiger partial charge in [-0.15, -0.1) is 0 Å². The number of aromatic nitrogens is 2. The Morgan fingerprint density at radius 1 is 1.32 bits per heavy atom. The van der Waals surface area contributed by atoms with Crippen molar-refractivity contribution in [3.63, 3.8) is 0 Å². The lowest BCUT2D eigenvalue weighted by Crippen LogP contribution is -2.25. The summed E-state index contributed by atoms with van der Waals surface area (Å²) in [6.45, 7) is 2.30. The number of hydrogen-bond acceptors (Lipinski definition) is 4. The Hall–Kier alpha value is -2.01. The zero-order valence-electron chi connectivity index (χ0n) is 10.8. The number of aliphatic hydroxyl groups excluding tert-OH is 1. The van der Waals surface area contributed by atoms with E-state index in [1.165, 1.54) is 0 Å². The van der Waals surface area contributed by atoms with E-state index in [2.05, 4.69) is 15.3 Å². The first kappa shape index (κ1) is 13.4. The Balaban J connectivity index is 1.97. The molecule has 1 amide bonds. The van der Waals surface area contributed by atoms with Crippen molar-refractivity contribution in [3.05, 3.63) is 36.2 Å². The van der Waals surface area contributed by atoms with Gasteiger partial charge in [0.15, 0.2) is 0 Å². The number of hydrogen-bond donors (Lipinski definition) is 2. The predicted octanol–water partition coefficient (Wildman–Crippen LogP) is 1.52. The molecule has 0 aliphatic heterocycles. The molecular weight excluding hydrogens is 242 g/mol. The molecule has 2 rings (SSSR count). The minimum Gasteiger partial charge on any atom is -0.393 e. The summed E-state index contributed by atoms with van der Waals surface area (Å²) in [6.07, 6.45) is 4.35. The summed E-state index contributed by atoms with van der Waals surface area (Å²) in [7, 11) is 0. The Morgan fingerprint density at radius 3 is 2.79 bits per heavy atom. The zero-order valence-corrected chi connectivity index (χ0v) is 10.8. The van der Waals surface area contributed by atoms with Crippen LogP contribution in [0.3, 0.4) is 0 Å². The maximum Gasteiger partial charge on any atom is 0.251 e. The molecule has 1 aromatic carbocycles. The first-order valence-electron chi connectivity index (χ1n) is 6.34. The lowest BCUT2D eigenvalue weighted by molar-refractivity contribution is 0.0950. The monoisotopic (exact) mass is 259 g/mol. The van der Waals surface area contributed by atoms with E-state index in [0.29, 0.717) is 24.0 Å². The average Bonchev–Trinajstić information content (AvgIpc) is 2.42. The second-order valence-electron chi connectivity index (χ2n) is 4.51. The van der Waals surface area contributed by atoms with Crippen molar-refractivity contribution < 1.29 is 9.90 Å². The van der Waals surface area contributed by atoms with Crippen molar-refractivity contribution in [1.29, 1.82) is 0 Å². The van der Waals surface area contributed by atoms with E-state index >= 15 is 0 Å². The number of carbonyl (C=O) groups is 1. The number of nitrogens with zero attached hydrogens (tertiary/aromatic N) is 2. The normalized spacial score (nSPS) is 12.3. The Kier molecular flexibility index (Phi) is 4.41. The van der Waals surface area contributed by atoms with Gasteiger partial charge in [-0.05, 0) is 38.0 Å². The lowest BCUT2D eigenvalue weighted by atomic mass is 10.1. The summed E-state index contributed by atoms with van der Waals surface area (Å²) >= 11 is 0. The molecule has 0 aliphatic carbocycles. The first-order valence-corrected chi connectivity index (χ1v) is 6.34. The fourth-order valence-corrected chi connectivity index (χ4v) is 1.81. The molecule has 0 saturated heterocycles. The third kappa shape index (κ3) is 3.72.